The molecule has 28 heavy (non-hydrogen) atoms. The van der Waals surface area contributed by atoms with E-state index in [1.807, 2.05) is 0 Å². The molecule has 2 N–H and O–H groups in total. The molecule has 146 valence electrons. The number of nitrogens with one attached hydrogen (secondary N) is 2. The van der Waals surface area contributed by atoms with Gasteiger partial charge in [0.05, 0.1) is 29.8 Å². The van der Waals surface area contributed by atoms with E-state index in [4.69, 9.17) is 4.74 Å². The molecule has 1 heterocycles. The number of benzene rings is 2. The summed E-state index contributed by atoms with van der Waals surface area (Å²) in [7, 11) is 1.55. The molecule has 1 unspecified atom stereocenters. The van der Waals surface area contributed by atoms with Crippen LogP contribution < -0.4 is 15.4 Å². The van der Waals surface area contributed by atoms with E-state index in [-0.39, 0.29) is 23.0 Å². The number of methoxy groups -OCH3 is 1. The molecule has 0 aliphatic heterocycles. The summed E-state index contributed by atoms with van der Waals surface area (Å²) in [5.41, 5.74) is 0.993. The van der Waals surface area contributed by atoms with Gasteiger partial charge in [0, 0.05) is 13.0 Å². The average molecular weight is 405 g/mol. The van der Waals surface area contributed by atoms with Crippen LogP contribution >= 0.6 is 11.3 Å². The fourth-order valence-electron chi connectivity index (χ4n) is 2.67. The molecule has 9 heteroatoms. The van der Waals surface area contributed by atoms with E-state index in [0.717, 1.165) is 29.0 Å². The van der Waals surface area contributed by atoms with Gasteiger partial charge in [0.15, 0.2) is 16.8 Å². The van der Waals surface area contributed by atoms with Crippen molar-refractivity contribution >= 4 is 38.5 Å². The van der Waals surface area contributed by atoms with Gasteiger partial charge < -0.3 is 15.4 Å². The Labute approximate surface area is 163 Å². The Kier molecular flexibility index (Phi) is 5.84. The Hall–Kier alpha value is -3.07. The van der Waals surface area contributed by atoms with Crippen LogP contribution in [0.5, 0.6) is 5.75 Å². The molecule has 3 rings (SSSR count). The van der Waals surface area contributed by atoms with Crippen LogP contribution in [0.15, 0.2) is 36.4 Å². The third-order valence-electron chi connectivity index (χ3n) is 3.96. The highest BCUT2D eigenvalue weighted by atomic mass is 32.1. The van der Waals surface area contributed by atoms with Crippen molar-refractivity contribution < 1.29 is 23.1 Å². The first-order valence-electron chi connectivity index (χ1n) is 8.32. The van der Waals surface area contributed by atoms with Crippen molar-refractivity contribution in [2.24, 2.45) is 0 Å². The van der Waals surface area contributed by atoms with Gasteiger partial charge in [0.2, 0.25) is 11.8 Å². The van der Waals surface area contributed by atoms with Crippen LogP contribution in [0.2, 0.25) is 0 Å². The van der Waals surface area contributed by atoms with Crippen molar-refractivity contribution in [3.63, 3.8) is 0 Å². The summed E-state index contributed by atoms with van der Waals surface area (Å²) in [6.07, 6.45) is -0.0371. The number of halogens is 2. The Morgan fingerprint density at radius 3 is 2.50 bits per heavy atom. The van der Waals surface area contributed by atoms with Gasteiger partial charge in [-0.15, -0.1) is 0 Å². The zero-order valence-corrected chi connectivity index (χ0v) is 15.9. The average Bonchev–Trinajstić information content (AvgIpc) is 3.02. The van der Waals surface area contributed by atoms with Gasteiger partial charge in [-0.3, -0.25) is 9.59 Å². The second-order valence-corrected chi connectivity index (χ2v) is 7.06. The summed E-state index contributed by atoms with van der Waals surface area (Å²) >= 11 is 1.04. The predicted molar refractivity (Wildman–Crippen MR) is 102 cm³/mol. The first-order chi connectivity index (χ1) is 13.4. The quantitative estimate of drug-likeness (QED) is 0.654. The Morgan fingerprint density at radius 1 is 1.18 bits per heavy atom. The lowest BCUT2D eigenvalue weighted by Crippen LogP contribution is -2.29. The van der Waals surface area contributed by atoms with E-state index in [1.54, 1.807) is 31.4 Å². The molecule has 1 atom stereocenters. The van der Waals surface area contributed by atoms with Gasteiger partial charge in [-0.05, 0) is 23.8 Å². The Bertz CT molecular complexity index is 982. The highest BCUT2D eigenvalue weighted by Gasteiger charge is 2.19. The highest BCUT2D eigenvalue weighted by molar-refractivity contribution is 7.22. The number of carbonyl (C=O) groups excluding carboxylic acids is 2. The summed E-state index contributed by atoms with van der Waals surface area (Å²) in [5, 5.41) is 5.57. The Balaban J connectivity index is 1.75. The molecule has 0 spiro atoms. The molecule has 2 aromatic carbocycles. The lowest BCUT2D eigenvalue weighted by Gasteiger charge is -2.18. The second kappa shape index (κ2) is 8.30. The molecule has 2 amide bonds. The molecular formula is C19H17F2N3O3S. The van der Waals surface area contributed by atoms with E-state index < -0.39 is 23.6 Å². The summed E-state index contributed by atoms with van der Waals surface area (Å²) in [4.78, 5) is 28.1. The normalized spacial score (nSPS) is 11.9. The van der Waals surface area contributed by atoms with Crippen LogP contribution in [0.25, 0.3) is 10.2 Å². The number of ether oxygens (including phenoxy) is 1. The Morgan fingerprint density at radius 2 is 1.86 bits per heavy atom. The minimum Gasteiger partial charge on any atom is -0.497 e. The zero-order valence-electron chi connectivity index (χ0n) is 15.1. The summed E-state index contributed by atoms with van der Waals surface area (Å²) in [6, 6.07) is 8.46. The van der Waals surface area contributed by atoms with Crippen LogP contribution in [0.4, 0.5) is 13.9 Å². The van der Waals surface area contributed by atoms with Gasteiger partial charge >= 0.3 is 0 Å². The summed E-state index contributed by atoms with van der Waals surface area (Å²) < 4.78 is 32.2. The van der Waals surface area contributed by atoms with Crippen LogP contribution in [0, 0.1) is 11.6 Å². The lowest BCUT2D eigenvalue weighted by atomic mass is 10.0. The summed E-state index contributed by atoms with van der Waals surface area (Å²) in [5.74, 6) is -1.99. The van der Waals surface area contributed by atoms with Crippen molar-refractivity contribution in [3.8, 4) is 5.75 Å². The number of anilines is 1. The first-order valence-corrected chi connectivity index (χ1v) is 9.14. The van der Waals surface area contributed by atoms with Gasteiger partial charge in [0.1, 0.15) is 5.75 Å². The molecule has 1 aromatic heterocycles. The van der Waals surface area contributed by atoms with Gasteiger partial charge in [-0.1, -0.05) is 23.5 Å². The molecule has 0 saturated heterocycles. The van der Waals surface area contributed by atoms with Gasteiger partial charge in [-0.2, -0.15) is 0 Å². The second-order valence-electron chi connectivity index (χ2n) is 6.03. The first kappa shape index (κ1) is 19.7. The van der Waals surface area contributed by atoms with Crippen molar-refractivity contribution in [2.45, 2.75) is 19.4 Å². The van der Waals surface area contributed by atoms with E-state index in [0.29, 0.717) is 10.4 Å². The number of carbonyl (C=O) groups is 2. The van der Waals surface area contributed by atoms with Crippen LogP contribution in [-0.2, 0) is 9.59 Å². The maximum atomic E-state index is 13.3. The van der Waals surface area contributed by atoms with Crippen molar-refractivity contribution in [1.29, 1.82) is 0 Å². The third-order valence-corrected chi connectivity index (χ3v) is 4.90. The predicted octanol–water partition coefficient (Wildman–Crippen LogP) is 3.79. The van der Waals surface area contributed by atoms with Gasteiger partial charge in [-0.25, -0.2) is 13.8 Å². The highest BCUT2D eigenvalue weighted by Crippen LogP contribution is 2.28. The standard InChI is InChI=1S/C19H17F2N3O3S/c1-10(25)22-15(11-3-5-12(27-2)6-4-11)9-18(26)24-19-23-16-7-13(20)14(21)8-17(16)28-19/h3-8,15H,9H2,1-2H3,(H,22,25)(H,23,24,26). The number of hydrogen-bond acceptors (Lipinski definition) is 5. The maximum Gasteiger partial charge on any atom is 0.228 e. The van der Waals surface area contributed by atoms with E-state index in [2.05, 4.69) is 15.6 Å². The number of nitrogens with zero attached hydrogens (tertiary/aromatic N) is 1. The summed E-state index contributed by atoms with van der Waals surface area (Å²) in [6.45, 7) is 1.37. The number of thiazole rings is 1. The number of fused-ring (bicyclic) bond motifs is 1. The SMILES string of the molecule is COc1ccc(C(CC(=O)Nc2nc3cc(F)c(F)cc3s2)NC(C)=O)cc1. The lowest BCUT2D eigenvalue weighted by molar-refractivity contribution is -0.120. The monoisotopic (exact) mass is 405 g/mol. The number of amides is 2. The van der Waals surface area contributed by atoms with Crippen molar-refractivity contribution in [1.82, 2.24) is 10.3 Å². The minimum absolute atomic E-state index is 0.0371. The molecule has 3 aromatic rings. The maximum absolute atomic E-state index is 13.3. The third kappa shape index (κ3) is 4.61. The zero-order chi connectivity index (χ0) is 20.3. The fraction of sp³-hybridized carbons (Fsp3) is 0.211. The van der Waals surface area contributed by atoms with Crippen molar-refractivity contribution in [2.75, 3.05) is 12.4 Å². The molecule has 0 saturated carbocycles. The minimum atomic E-state index is -0.999. The van der Waals surface area contributed by atoms with E-state index in [1.165, 1.54) is 6.92 Å². The molecule has 0 aliphatic carbocycles. The molecule has 0 radical (unpaired) electrons. The van der Waals surface area contributed by atoms with Crippen LogP contribution in [-0.4, -0.2) is 23.9 Å². The molecule has 0 fully saturated rings. The fourth-order valence-corrected chi connectivity index (χ4v) is 3.56. The van der Waals surface area contributed by atoms with Crippen molar-refractivity contribution in [3.05, 3.63) is 53.6 Å². The number of aromatic nitrogens is 1. The molecular weight excluding hydrogens is 388 g/mol. The molecule has 6 nitrogen and oxygen atoms in total. The number of hydrogen-bond donors (Lipinski definition) is 2. The largest absolute Gasteiger partial charge is 0.497 e. The topological polar surface area (TPSA) is 80.3 Å². The smallest absolute Gasteiger partial charge is 0.228 e. The number of rotatable bonds is 6. The van der Waals surface area contributed by atoms with Crippen LogP contribution in [0.3, 0.4) is 0 Å². The van der Waals surface area contributed by atoms with Gasteiger partial charge in [0.25, 0.3) is 0 Å². The van der Waals surface area contributed by atoms with E-state index in [9.17, 15) is 18.4 Å². The van der Waals surface area contributed by atoms with E-state index >= 15 is 0 Å². The molecule has 0 bridgehead atoms. The molecule has 0 aliphatic rings. The van der Waals surface area contributed by atoms with Crippen LogP contribution in [0.1, 0.15) is 24.9 Å².